The van der Waals surface area contributed by atoms with Crippen LogP contribution in [0.4, 0.5) is 0 Å². The highest BCUT2D eigenvalue weighted by Gasteiger charge is 2.60. The fourth-order valence-corrected chi connectivity index (χ4v) is 4.70. The lowest BCUT2D eigenvalue weighted by Gasteiger charge is -2.57. The minimum Gasteiger partial charge on any atom is -0.497 e. The van der Waals surface area contributed by atoms with Crippen LogP contribution in [0.1, 0.15) is 13.8 Å². The van der Waals surface area contributed by atoms with Gasteiger partial charge >= 0.3 is 0 Å². The largest absolute Gasteiger partial charge is 0.497 e. The molecule has 4 heteroatoms. The third-order valence-electron chi connectivity index (χ3n) is 6.42. The highest BCUT2D eigenvalue weighted by molar-refractivity contribution is 5.69. The normalized spacial score (nSPS) is 31.5. The summed E-state index contributed by atoms with van der Waals surface area (Å²) in [5, 5.41) is 0. The van der Waals surface area contributed by atoms with Gasteiger partial charge in [-0.25, -0.2) is 0 Å². The van der Waals surface area contributed by atoms with Crippen LogP contribution in [0.2, 0.25) is 0 Å². The summed E-state index contributed by atoms with van der Waals surface area (Å²) in [4.78, 5) is 0. The SMILES string of the molecule is COC1=CC2=CC(OC)=C3C=C(OC)C=C4C=C(OC)C(=C1)[C@]2(C)[C@@]43C. The van der Waals surface area contributed by atoms with Crippen LogP contribution in [0.3, 0.4) is 0 Å². The third kappa shape index (κ3) is 1.79. The Hall–Kier alpha value is -2.62. The van der Waals surface area contributed by atoms with Gasteiger partial charge in [-0.3, -0.25) is 0 Å². The van der Waals surface area contributed by atoms with Gasteiger partial charge in [0.15, 0.2) is 0 Å². The number of ether oxygens (including phenoxy) is 4. The molecule has 2 atom stereocenters. The molecule has 4 aliphatic carbocycles. The first-order valence-corrected chi connectivity index (χ1v) is 8.66. The second kappa shape index (κ2) is 5.44. The molecule has 0 aromatic heterocycles. The Morgan fingerprint density at radius 3 is 1.88 bits per heavy atom. The summed E-state index contributed by atoms with van der Waals surface area (Å²) in [5.41, 5.74) is 3.94. The van der Waals surface area contributed by atoms with Crippen molar-refractivity contribution in [1.82, 2.24) is 0 Å². The van der Waals surface area contributed by atoms with E-state index in [1.54, 1.807) is 28.4 Å². The van der Waals surface area contributed by atoms with Gasteiger partial charge in [0, 0.05) is 22.0 Å². The van der Waals surface area contributed by atoms with E-state index < -0.39 is 0 Å². The average Bonchev–Trinajstić information content (AvgIpc) is 2.65. The molecule has 0 aromatic rings. The van der Waals surface area contributed by atoms with E-state index in [-0.39, 0.29) is 10.8 Å². The maximum Gasteiger partial charge on any atom is 0.123 e. The van der Waals surface area contributed by atoms with Crippen molar-refractivity contribution >= 4 is 0 Å². The number of allylic oxidation sites excluding steroid dienone is 10. The van der Waals surface area contributed by atoms with Crippen LogP contribution in [0.25, 0.3) is 0 Å². The Morgan fingerprint density at radius 1 is 0.615 bits per heavy atom. The van der Waals surface area contributed by atoms with Crippen LogP contribution in [0.15, 0.2) is 81.8 Å². The predicted molar refractivity (Wildman–Crippen MR) is 99.8 cm³/mol. The van der Waals surface area contributed by atoms with Gasteiger partial charge in [-0.1, -0.05) is 13.8 Å². The molecule has 0 saturated carbocycles. The Kier molecular flexibility index (Phi) is 3.52. The van der Waals surface area contributed by atoms with Crippen molar-refractivity contribution in [1.29, 1.82) is 0 Å². The zero-order valence-electron chi connectivity index (χ0n) is 16.1. The number of hydrogen-bond donors (Lipinski definition) is 0. The van der Waals surface area contributed by atoms with E-state index in [0.29, 0.717) is 0 Å². The molecule has 4 nitrogen and oxygen atoms in total. The first kappa shape index (κ1) is 16.8. The summed E-state index contributed by atoms with van der Waals surface area (Å²) in [5.74, 6) is 3.32. The predicted octanol–water partition coefficient (Wildman–Crippen LogP) is 4.32. The fraction of sp³-hybridized carbons (Fsp3) is 0.364. The van der Waals surface area contributed by atoms with Crippen molar-refractivity contribution in [2.45, 2.75) is 13.8 Å². The molecule has 4 aliphatic rings. The smallest absolute Gasteiger partial charge is 0.123 e. The molecule has 0 heterocycles. The average molecular weight is 352 g/mol. The standard InChI is InChI=1S/C22H24O4/c1-21-13-7-15(23-3)11-17(21)19(25-5)10-14-8-16(24-4)12-18(22(14,21)2)20(9-13)26-6/h7-12H,1-6H3/t21-,22+. The van der Waals surface area contributed by atoms with Gasteiger partial charge in [-0.05, 0) is 47.6 Å². The van der Waals surface area contributed by atoms with Crippen LogP contribution in [0, 0.1) is 10.8 Å². The van der Waals surface area contributed by atoms with Crippen molar-refractivity contribution in [3.8, 4) is 0 Å². The van der Waals surface area contributed by atoms with Gasteiger partial charge in [-0.2, -0.15) is 0 Å². The Balaban J connectivity index is 2.13. The summed E-state index contributed by atoms with van der Waals surface area (Å²) in [6, 6.07) is 0. The minimum atomic E-state index is -0.298. The number of methoxy groups -OCH3 is 4. The molecule has 0 bridgehead atoms. The van der Waals surface area contributed by atoms with Gasteiger partial charge < -0.3 is 18.9 Å². The maximum atomic E-state index is 5.78. The molecule has 26 heavy (non-hydrogen) atoms. The van der Waals surface area contributed by atoms with Crippen molar-refractivity contribution < 1.29 is 18.9 Å². The molecule has 0 radical (unpaired) electrons. The molecule has 0 aromatic carbocycles. The topological polar surface area (TPSA) is 36.9 Å². The van der Waals surface area contributed by atoms with Crippen LogP contribution < -0.4 is 0 Å². The summed E-state index contributed by atoms with van der Waals surface area (Å²) in [6.07, 6.45) is 12.6. The van der Waals surface area contributed by atoms with Gasteiger partial charge in [0.25, 0.3) is 0 Å². The van der Waals surface area contributed by atoms with Crippen LogP contribution >= 0.6 is 0 Å². The summed E-state index contributed by atoms with van der Waals surface area (Å²) in [7, 11) is 6.80. The second-order valence-electron chi connectivity index (χ2n) is 7.20. The number of hydrogen-bond acceptors (Lipinski definition) is 4. The van der Waals surface area contributed by atoms with E-state index in [4.69, 9.17) is 18.9 Å². The fourth-order valence-electron chi connectivity index (χ4n) is 4.70. The molecule has 0 aliphatic heterocycles. The summed E-state index contributed by atoms with van der Waals surface area (Å²) < 4.78 is 22.7. The van der Waals surface area contributed by atoms with Gasteiger partial charge in [0.1, 0.15) is 23.0 Å². The lowest BCUT2D eigenvalue weighted by Crippen LogP contribution is -2.49. The van der Waals surface area contributed by atoms with Crippen molar-refractivity contribution in [2.24, 2.45) is 10.8 Å². The first-order valence-electron chi connectivity index (χ1n) is 8.66. The molecule has 0 spiro atoms. The lowest BCUT2D eigenvalue weighted by atomic mass is 9.46. The van der Waals surface area contributed by atoms with Crippen molar-refractivity contribution in [3.05, 3.63) is 81.8 Å². The zero-order chi connectivity index (χ0) is 18.7. The maximum absolute atomic E-state index is 5.78. The minimum absolute atomic E-state index is 0.298. The molecule has 0 saturated heterocycles. The van der Waals surface area contributed by atoms with Crippen LogP contribution in [0.5, 0.6) is 0 Å². The highest BCUT2D eigenvalue weighted by atomic mass is 16.5. The van der Waals surface area contributed by atoms with Gasteiger partial charge in [-0.15, -0.1) is 0 Å². The molecule has 0 N–H and O–H groups in total. The summed E-state index contributed by atoms with van der Waals surface area (Å²) in [6.45, 7) is 4.54. The molecule has 0 unspecified atom stereocenters. The molecule has 0 amide bonds. The Morgan fingerprint density at radius 2 is 1.27 bits per heavy atom. The van der Waals surface area contributed by atoms with E-state index in [1.807, 2.05) is 0 Å². The Labute approximate surface area is 154 Å². The monoisotopic (exact) mass is 352 g/mol. The van der Waals surface area contributed by atoms with Gasteiger partial charge in [0.2, 0.25) is 0 Å². The van der Waals surface area contributed by atoms with E-state index in [1.165, 1.54) is 0 Å². The van der Waals surface area contributed by atoms with E-state index >= 15 is 0 Å². The van der Waals surface area contributed by atoms with Crippen molar-refractivity contribution in [3.63, 3.8) is 0 Å². The van der Waals surface area contributed by atoms with E-state index in [9.17, 15) is 0 Å². The van der Waals surface area contributed by atoms with Crippen LogP contribution in [-0.4, -0.2) is 28.4 Å². The van der Waals surface area contributed by atoms with Crippen molar-refractivity contribution in [2.75, 3.05) is 28.4 Å². The highest BCUT2D eigenvalue weighted by Crippen LogP contribution is 2.67. The van der Waals surface area contributed by atoms with E-state index in [2.05, 4.69) is 50.3 Å². The molecular weight excluding hydrogens is 328 g/mol. The summed E-state index contributed by atoms with van der Waals surface area (Å²) >= 11 is 0. The molecule has 0 fully saturated rings. The lowest BCUT2D eigenvalue weighted by molar-refractivity contribution is 0.177. The van der Waals surface area contributed by atoms with Crippen LogP contribution in [-0.2, 0) is 18.9 Å². The Bertz CT molecular complexity index is 906. The first-order chi connectivity index (χ1) is 12.4. The molecular formula is C22H24O4. The molecule has 136 valence electrons. The number of rotatable bonds is 4. The van der Waals surface area contributed by atoms with Gasteiger partial charge in [0.05, 0.1) is 28.4 Å². The quantitative estimate of drug-likeness (QED) is 0.755. The second-order valence-corrected chi connectivity index (χ2v) is 7.20. The molecule has 4 rings (SSSR count). The zero-order valence-corrected chi connectivity index (χ0v) is 16.1. The third-order valence-corrected chi connectivity index (χ3v) is 6.42. The van der Waals surface area contributed by atoms with E-state index in [0.717, 1.165) is 45.3 Å².